The largest absolute Gasteiger partial charge is 0.341 e. The van der Waals surface area contributed by atoms with Gasteiger partial charge in [0.1, 0.15) is 5.82 Å². The van der Waals surface area contributed by atoms with Crippen LogP contribution >= 0.6 is 0 Å². The van der Waals surface area contributed by atoms with E-state index in [1.165, 1.54) is 5.57 Å². The highest BCUT2D eigenvalue weighted by Crippen LogP contribution is 2.24. The molecular formula is C27H32N6O. The van der Waals surface area contributed by atoms with Crippen LogP contribution in [0.4, 0.5) is 5.95 Å². The standard InChI is InChI=1S/C27H32N6O/c1-18(2)13-15-32-24-25(30-27(32)31-14-7-11-22(28)17-31)29-19(3)33(26(24)34)16-21-10-6-9-20-8-4-5-12-23(20)21/h4-6,8-10,12-13,22H,7,11,14-17,28H2,1-3H3. The van der Waals surface area contributed by atoms with E-state index in [0.29, 0.717) is 30.1 Å². The van der Waals surface area contributed by atoms with Gasteiger partial charge in [-0.2, -0.15) is 4.98 Å². The molecule has 34 heavy (non-hydrogen) atoms. The summed E-state index contributed by atoms with van der Waals surface area (Å²) in [5, 5.41) is 2.31. The first-order valence-electron chi connectivity index (χ1n) is 12.0. The van der Waals surface area contributed by atoms with Gasteiger partial charge in [0.25, 0.3) is 5.56 Å². The number of hydrogen-bond acceptors (Lipinski definition) is 5. The van der Waals surface area contributed by atoms with Crippen molar-refractivity contribution < 1.29 is 0 Å². The molecule has 5 rings (SSSR count). The number of aromatic nitrogens is 4. The van der Waals surface area contributed by atoms with Crippen LogP contribution in [0.25, 0.3) is 21.9 Å². The van der Waals surface area contributed by atoms with Crippen molar-refractivity contribution in [1.82, 2.24) is 19.1 Å². The van der Waals surface area contributed by atoms with Crippen molar-refractivity contribution in [2.45, 2.75) is 52.7 Å². The fraction of sp³-hybridized carbons (Fsp3) is 0.370. The lowest BCUT2D eigenvalue weighted by atomic mass is 10.0. The molecule has 0 aliphatic carbocycles. The number of rotatable bonds is 5. The van der Waals surface area contributed by atoms with Gasteiger partial charge in [-0.25, -0.2) is 4.98 Å². The Labute approximate surface area is 199 Å². The number of fused-ring (bicyclic) bond motifs is 2. The first kappa shape index (κ1) is 22.3. The van der Waals surface area contributed by atoms with E-state index in [1.54, 1.807) is 4.57 Å². The summed E-state index contributed by atoms with van der Waals surface area (Å²) in [4.78, 5) is 25.8. The summed E-state index contributed by atoms with van der Waals surface area (Å²) < 4.78 is 3.80. The second-order valence-corrected chi connectivity index (χ2v) is 9.51. The molecule has 2 aromatic carbocycles. The van der Waals surface area contributed by atoms with Gasteiger partial charge in [-0.3, -0.25) is 9.36 Å². The molecule has 0 bridgehead atoms. The molecule has 2 aromatic heterocycles. The molecule has 1 fully saturated rings. The minimum atomic E-state index is -0.0577. The lowest BCUT2D eigenvalue weighted by Gasteiger charge is -2.31. The molecule has 176 valence electrons. The quantitative estimate of drug-likeness (QED) is 0.459. The number of benzene rings is 2. The number of imidazole rings is 1. The van der Waals surface area contributed by atoms with Crippen LogP contribution in [-0.2, 0) is 13.1 Å². The SMILES string of the molecule is CC(C)=CCn1c(N2CCCC(N)C2)nc2nc(C)n(Cc3cccc4ccccc34)c(=O)c21. The highest BCUT2D eigenvalue weighted by molar-refractivity contribution is 5.85. The average molecular weight is 457 g/mol. The maximum Gasteiger partial charge on any atom is 0.280 e. The summed E-state index contributed by atoms with van der Waals surface area (Å²) in [5.41, 5.74) is 9.56. The Bertz CT molecular complexity index is 1440. The van der Waals surface area contributed by atoms with Crippen LogP contribution < -0.4 is 16.2 Å². The summed E-state index contributed by atoms with van der Waals surface area (Å²) in [6, 6.07) is 14.6. The van der Waals surface area contributed by atoms with Crippen molar-refractivity contribution in [2.75, 3.05) is 18.0 Å². The summed E-state index contributed by atoms with van der Waals surface area (Å²) in [6.45, 7) is 8.68. The van der Waals surface area contributed by atoms with Crippen molar-refractivity contribution in [1.29, 1.82) is 0 Å². The van der Waals surface area contributed by atoms with Crippen LogP contribution in [0.15, 0.2) is 58.9 Å². The maximum absolute atomic E-state index is 13.9. The third-order valence-corrected chi connectivity index (χ3v) is 6.67. The van der Waals surface area contributed by atoms with E-state index < -0.39 is 0 Å². The summed E-state index contributed by atoms with van der Waals surface area (Å²) >= 11 is 0. The van der Waals surface area contributed by atoms with E-state index in [1.807, 2.05) is 29.7 Å². The van der Waals surface area contributed by atoms with Gasteiger partial charge in [0, 0.05) is 25.7 Å². The van der Waals surface area contributed by atoms with Gasteiger partial charge in [-0.05, 0) is 49.9 Å². The summed E-state index contributed by atoms with van der Waals surface area (Å²) in [6.07, 6.45) is 4.16. The van der Waals surface area contributed by atoms with Gasteiger partial charge < -0.3 is 15.2 Å². The predicted octanol–water partition coefficient (Wildman–Crippen LogP) is 4.00. The summed E-state index contributed by atoms with van der Waals surface area (Å²) in [5.74, 6) is 1.45. The van der Waals surface area contributed by atoms with E-state index >= 15 is 0 Å². The van der Waals surface area contributed by atoms with Crippen molar-refractivity contribution in [2.24, 2.45) is 5.73 Å². The Morgan fingerprint density at radius 3 is 2.71 bits per heavy atom. The van der Waals surface area contributed by atoms with Crippen LogP contribution in [-0.4, -0.2) is 38.2 Å². The van der Waals surface area contributed by atoms with Crippen LogP contribution in [0.1, 0.15) is 38.1 Å². The van der Waals surface area contributed by atoms with Gasteiger partial charge in [0.2, 0.25) is 5.95 Å². The third-order valence-electron chi connectivity index (χ3n) is 6.67. The summed E-state index contributed by atoms with van der Waals surface area (Å²) in [7, 11) is 0. The minimum absolute atomic E-state index is 0.0577. The number of allylic oxidation sites excluding steroid dienone is 2. The lowest BCUT2D eigenvalue weighted by Crippen LogP contribution is -2.44. The Kier molecular flexibility index (Phi) is 5.96. The maximum atomic E-state index is 13.9. The van der Waals surface area contributed by atoms with Crippen molar-refractivity contribution in [3.05, 3.63) is 75.9 Å². The minimum Gasteiger partial charge on any atom is -0.341 e. The molecule has 0 saturated carbocycles. The molecule has 0 amide bonds. The highest BCUT2D eigenvalue weighted by atomic mass is 16.1. The van der Waals surface area contributed by atoms with Gasteiger partial charge >= 0.3 is 0 Å². The molecule has 1 atom stereocenters. The first-order chi connectivity index (χ1) is 16.4. The molecule has 2 N–H and O–H groups in total. The number of anilines is 1. The molecule has 1 unspecified atom stereocenters. The van der Waals surface area contributed by atoms with E-state index in [0.717, 1.165) is 48.2 Å². The van der Waals surface area contributed by atoms with Gasteiger partial charge in [-0.1, -0.05) is 54.1 Å². The normalized spacial score (nSPS) is 16.4. The van der Waals surface area contributed by atoms with Crippen LogP contribution in [0.3, 0.4) is 0 Å². The molecule has 7 nitrogen and oxygen atoms in total. The second kappa shape index (κ2) is 9.06. The number of hydrogen-bond donors (Lipinski definition) is 1. The smallest absolute Gasteiger partial charge is 0.280 e. The zero-order valence-electron chi connectivity index (χ0n) is 20.2. The molecule has 0 radical (unpaired) electrons. The van der Waals surface area contributed by atoms with Crippen molar-refractivity contribution in [3.8, 4) is 0 Å². The fourth-order valence-electron chi connectivity index (χ4n) is 4.87. The molecule has 7 heteroatoms. The van der Waals surface area contributed by atoms with Crippen LogP contribution in [0.2, 0.25) is 0 Å². The van der Waals surface area contributed by atoms with E-state index in [9.17, 15) is 4.79 Å². The molecular weight excluding hydrogens is 424 g/mol. The molecule has 4 aromatic rings. The topological polar surface area (TPSA) is 82.0 Å². The Balaban J connectivity index is 1.66. The average Bonchev–Trinajstić information content (AvgIpc) is 3.19. The predicted molar refractivity (Wildman–Crippen MR) is 138 cm³/mol. The third kappa shape index (κ3) is 4.12. The van der Waals surface area contributed by atoms with Crippen LogP contribution in [0, 0.1) is 6.92 Å². The second-order valence-electron chi connectivity index (χ2n) is 9.51. The van der Waals surface area contributed by atoms with Gasteiger partial charge in [-0.15, -0.1) is 0 Å². The molecule has 3 heterocycles. The van der Waals surface area contributed by atoms with Gasteiger partial charge in [0.15, 0.2) is 11.2 Å². The molecule has 1 saturated heterocycles. The number of nitrogens with two attached hydrogens (primary N) is 1. The Morgan fingerprint density at radius 1 is 1.12 bits per heavy atom. The van der Waals surface area contributed by atoms with E-state index in [-0.39, 0.29) is 11.6 Å². The molecule has 0 spiro atoms. The van der Waals surface area contributed by atoms with Crippen LogP contribution in [0.5, 0.6) is 0 Å². The number of piperidine rings is 1. The Morgan fingerprint density at radius 2 is 1.91 bits per heavy atom. The number of aryl methyl sites for hydroxylation is 1. The Hall–Kier alpha value is -3.45. The van der Waals surface area contributed by atoms with E-state index in [2.05, 4.69) is 49.1 Å². The molecule has 1 aliphatic heterocycles. The first-order valence-corrected chi connectivity index (χ1v) is 12.0. The lowest BCUT2D eigenvalue weighted by molar-refractivity contribution is 0.495. The van der Waals surface area contributed by atoms with Crippen molar-refractivity contribution >= 4 is 27.9 Å². The zero-order valence-corrected chi connectivity index (χ0v) is 20.2. The molecule has 1 aliphatic rings. The monoisotopic (exact) mass is 456 g/mol. The van der Waals surface area contributed by atoms with Gasteiger partial charge in [0.05, 0.1) is 6.54 Å². The van der Waals surface area contributed by atoms with Crippen molar-refractivity contribution in [3.63, 3.8) is 0 Å². The fourth-order valence-corrected chi connectivity index (χ4v) is 4.87. The number of nitrogens with zero attached hydrogens (tertiary/aromatic N) is 5. The van der Waals surface area contributed by atoms with E-state index in [4.69, 9.17) is 15.7 Å². The highest BCUT2D eigenvalue weighted by Gasteiger charge is 2.25. The zero-order chi connectivity index (χ0) is 23.8.